The monoisotopic (exact) mass is 339 g/mol. The van der Waals surface area contributed by atoms with Crippen molar-refractivity contribution < 1.29 is 0 Å². The first-order valence-electron chi connectivity index (χ1n) is 8.95. The first-order valence-corrected chi connectivity index (χ1v) is 8.95. The van der Waals surface area contributed by atoms with Gasteiger partial charge in [-0.05, 0) is 54.9 Å². The molecule has 1 aromatic carbocycles. The average Bonchev–Trinajstić information content (AvgIpc) is 3.10. The molecule has 0 spiro atoms. The number of nitrogens with two attached hydrogens (primary N) is 2. The van der Waals surface area contributed by atoms with Crippen molar-refractivity contribution >= 4 is 5.82 Å². The van der Waals surface area contributed by atoms with E-state index in [1.807, 2.05) is 12.1 Å². The van der Waals surface area contributed by atoms with Gasteiger partial charge in [0.15, 0.2) is 0 Å². The molecule has 25 heavy (non-hydrogen) atoms. The van der Waals surface area contributed by atoms with Gasteiger partial charge in [-0.15, -0.1) is 0 Å². The molecule has 1 unspecified atom stereocenters. The van der Waals surface area contributed by atoms with Crippen LogP contribution < -0.4 is 17.2 Å². The van der Waals surface area contributed by atoms with Crippen LogP contribution in [0.25, 0.3) is 5.69 Å². The number of likely N-dealkylation sites (tertiary alicyclic amines) is 1. The summed E-state index contributed by atoms with van der Waals surface area (Å²) >= 11 is 0. The molecule has 1 aliphatic carbocycles. The summed E-state index contributed by atoms with van der Waals surface area (Å²) in [5.74, 6) is 2.65. The molecule has 0 radical (unpaired) electrons. The normalized spacial score (nSPS) is 26.4. The molecule has 4 rings (SSSR count). The number of hydrogen-bond acceptors (Lipinski definition) is 5. The minimum Gasteiger partial charge on any atom is -0.383 e. The second-order valence-electron chi connectivity index (χ2n) is 7.45. The fourth-order valence-electron chi connectivity index (χ4n) is 4.35. The SMILES string of the molecule is C[C@@H](N)C1[C@H]2CN(CCc3ccc(-n4ccc(N)nc4=O)cc3)C[C@@H]12. The molecular weight excluding hydrogens is 314 g/mol. The highest BCUT2D eigenvalue weighted by atomic mass is 16.1. The molecule has 2 fully saturated rings. The van der Waals surface area contributed by atoms with Crippen molar-refractivity contribution in [2.75, 3.05) is 25.4 Å². The van der Waals surface area contributed by atoms with E-state index in [0.717, 1.165) is 36.4 Å². The molecule has 4 N–H and O–H groups in total. The lowest BCUT2D eigenvalue weighted by Crippen LogP contribution is -2.31. The molecule has 2 aliphatic rings. The van der Waals surface area contributed by atoms with Crippen molar-refractivity contribution in [1.29, 1.82) is 0 Å². The zero-order valence-corrected chi connectivity index (χ0v) is 14.5. The van der Waals surface area contributed by atoms with Crippen LogP contribution in [0.2, 0.25) is 0 Å². The standard InChI is InChI=1S/C19H25N5O/c1-12(20)18-15-10-23(11-16(15)18)8-6-13-2-4-14(5-3-13)24-9-7-17(21)22-19(24)25/h2-5,7,9,12,15-16,18H,6,8,10-11,20H2,1H3,(H2,21,22,25)/t12-,15-,16+,18?/m1/s1. The van der Waals surface area contributed by atoms with E-state index in [1.165, 1.54) is 23.2 Å². The lowest BCUT2D eigenvalue weighted by Gasteiger charge is -2.20. The second kappa shape index (κ2) is 6.28. The average molecular weight is 339 g/mol. The van der Waals surface area contributed by atoms with E-state index < -0.39 is 0 Å². The van der Waals surface area contributed by atoms with Crippen LogP contribution in [0.3, 0.4) is 0 Å². The summed E-state index contributed by atoms with van der Waals surface area (Å²) in [5.41, 5.74) is 13.3. The minimum absolute atomic E-state index is 0.243. The van der Waals surface area contributed by atoms with E-state index in [-0.39, 0.29) is 11.5 Å². The largest absolute Gasteiger partial charge is 0.383 e. The zero-order valence-electron chi connectivity index (χ0n) is 14.5. The van der Waals surface area contributed by atoms with Gasteiger partial charge >= 0.3 is 5.69 Å². The molecule has 0 amide bonds. The number of nitrogen functional groups attached to an aromatic ring is 1. The third-order valence-corrected chi connectivity index (χ3v) is 5.70. The highest BCUT2D eigenvalue weighted by Crippen LogP contribution is 2.52. The van der Waals surface area contributed by atoms with Crippen LogP contribution in [0.5, 0.6) is 0 Å². The number of anilines is 1. The Hall–Kier alpha value is -2.18. The Bertz CT molecular complexity index is 801. The Morgan fingerprint density at radius 1 is 1.20 bits per heavy atom. The van der Waals surface area contributed by atoms with Crippen molar-refractivity contribution in [1.82, 2.24) is 14.5 Å². The number of piperidine rings is 1. The molecule has 132 valence electrons. The first kappa shape index (κ1) is 16.3. The van der Waals surface area contributed by atoms with Gasteiger partial charge in [-0.2, -0.15) is 4.98 Å². The van der Waals surface area contributed by atoms with Crippen LogP contribution in [-0.4, -0.2) is 40.1 Å². The van der Waals surface area contributed by atoms with Crippen molar-refractivity contribution in [3.05, 3.63) is 52.6 Å². The van der Waals surface area contributed by atoms with Gasteiger partial charge in [0.1, 0.15) is 5.82 Å². The van der Waals surface area contributed by atoms with Crippen LogP contribution in [-0.2, 0) is 6.42 Å². The maximum Gasteiger partial charge on any atom is 0.354 e. The summed E-state index contributed by atoms with van der Waals surface area (Å²) in [7, 11) is 0. The predicted octanol–water partition coefficient (Wildman–Crippen LogP) is 0.882. The van der Waals surface area contributed by atoms with Gasteiger partial charge in [0.2, 0.25) is 0 Å². The third-order valence-electron chi connectivity index (χ3n) is 5.70. The molecule has 1 saturated heterocycles. The summed E-state index contributed by atoms with van der Waals surface area (Å²) in [6.45, 7) is 5.61. The predicted molar refractivity (Wildman–Crippen MR) is 98.5 cm³/mol. The summed E-state index contributed by atoms with van der Waals surface area (Å²) in [6, 6.07) is 10.1. The summed E-state index contributed by atoms with van der Waals surface area (Å²) < 4.78 is 1.50. The maximum atomic E-state index is 11.9. The lowest BCUT2D eigenvalue weighted by molar-refractivity contribution is 0.281. The number of fused-ring (bicyclic) bond motifs is 1. The number of nitrogens with zero attached hydrogens (tertiary/aromatic N) is 3. The molecular formula is C19H25N5O. The number of benzene rings is 1. The molecule has 2 heterocycles. The fraction of sp³-hybridized carbons (Fsp3) is 0.474. The summed E-state index contributed by atoms with van der Waals surface area (Å²) in [6.07, 6.45) is 2.68. The van der Waals surface area contributed by atoms with E-state index in [4.69, 9.17) is 11.5 Å². The lowest BCUT2D eigenvalue weighted by atomic mass is 10.1. The number of aromatic nitrogens is 2. The van der Waals surface area contributed by atoms with E-state index in [9.17, 15) is 4.79 Å². The third kappa shape index (κ3) is 3.19. The highest BCUT2D eigenvalue weighted by Gasteiger charge is 2.56. The Balaban J connectivity index is 1.34. The van der Waals surface area contributed by atoms with Crippen molar-refractivity contribution in [3.8, 4) is 5.69 Å². The van der Waals surface area contributed by atoms with Crippen LogP contribution in [0.4, 0.5) is 5.82 Å². The van der Waals surface area contributed by atoms with Crippen LogP contribution in [0, 0.1) is 17.8 Å². The first-order chi connectivity index (χ1) is 12.0. The Labute approximate surface area is 147 Å². The zero-order chi connectivity index (χ0) is 17.6. The van der Waals surface area contributed by atoms with E-state index in [0.29, 0.717) is 6.04 Å². The molecule has 6 nitrogen and oxygen atoms in total. The van der Waals surface area contributed by atoms with Gasteiger partial charge in [0.05, 0.1) is 5.69 Å². The molecule has 1 aliphatic heterocycles. The van der Waals surface area contributed by atoms with Crippen molar-refractivity contribution in [2.45, 2.75) is 19.4 Å². The minimum atomic E-state index is -0.354. The maximum absolute atomic E-state index is 11.9. The van der Waals surface area contributed by atoms with E-state index in [2.05, 4.69) is 28.9 Å². The Kier molecular flexibility index (Phi) is 4.09. The van der Waals surface area contributed by atoms with Gasteiger partial charge in [-0.3, -0.25) is 4.57 Å². The van der Waals surface area contributed by atoms with Crippen molar-refractivity contribution in [2.24, 2.45) is 23.5 Å². The summed E-state index contributed by atoms with van der Waals surface area (Å²) in [5, 5.41) is 0. The quantitative estimate of drug-likeness (QED) is 0.844. The molecule has 0 bridgehead atoms. The van der Waals surface area contributed by atoms with Gasteiger partial charge in [0, 0.05) is 31.9 Å². The topological polar surface area (TPSA) is 90.2 Å². The summed E-state index contributed by atoms with van der Waals surface area (Å²) in [4.78, 5) is 18.2. The van der Waals surface area contributed by atoms with Gasteiger partial charge < -0.3 is 16.4 Å². The Morgan fingerprint density at radius 3 is 2.48 bits per heavy atom. The van der Waals surface area contributed by atoms with Crippen LogP contribution in [0.1, 0.15) is 12.5 Å². The Morgan fingerprint density at radius 2 is 1.88 bits per heavy atom. The fourth-order valence-corrected chi connectivity index (χ4v) is 4.35. The van der Waals surface area contributed by atoms with Gasteiger partial charge in [-0.1, -0.05) is 12.1 Å². The molecule has 1 saturated carbocycles. The molecule has 2 aromatic rings. The number of rotatable bonds is 5. The van der Waals surface area contributed by atoms with Gasteiger partial charge in [0.25, 0.3) is 0 Å². The van der Waals surface area contributed by atoms with E-state index >= 15 is 0 Å². The number of hydrogen-bond donors (Lipinski definition) is 2. The second-order valence-corrected chi connectivity index (χ2v) is 7.45. The highest BCUT2D eigenvalue weighted by molar-refractivity contribution is 5.36. The van der Waals surface area contributed by atoms with Gasteiger partial charge in [-0.25, -0.2) is 4.79 Å². The molecule has 1 aromatic heterocycles. The van der Waals surface area contributed by atoms with Crippen molar-refractivity contribution in [3.63, 3.8) is 0 Å². The smallest absolute Gasteiger partial charge is 0.354 e. The molecule has 4 atom stereocenters. The molecule has 6 heteroatoms. The van der Waals surface area contributed by atoms with Crippen LogP contribution in [0.15, 0.2) is 41.3 Å². The van der Waals surface area contributed by atoms with E-state index in [1.54, 1.807) is 12.3 Å². The van der Waals surface area contributed by atoms with Crippen LogP contribution >= 0.6 is 0 Å².